The van der Waals surface area contributed by atoms with Crippen LogP contribution in [0.4, 0.5) is 14.9 Å². The molecule has 1 fully saturated rings. The van der Waals surface area contributed by atoms with Gasteiger partial charge in [0.2, 0.25) is 17.6 Å². The standard InChI is InChI=1S/C24H26FN5O3/c1-16-7-8-18(14-20(16)25)23-28-22(33-29-23)10-9-21(31)26-15-17-5-4-6-19(13-17)27-24(32)30-11-2-3-12-30/h4-8,13-14H,2-3,9-12,15H2,1H3,(H,26,31)(H,27,32). The molecule has 172 valence electrons. The number of nitrogens with zero attached hydrogens (tertiary/aromatic N) is 3. The summed E-state index contributed by atoms with van der Waals surface area (Å²) in [6.45, 7) is 3.58. The molecule has 0 saturated carbocycles. The molecule has 0 atom stereocenters. The Hall–Kier alpha value is -3.75. The Kier molecular flexibility index (Phi) is 6.97. The average Bonchev–Trinajstić information content (AvgIpc) is 3.51. The molecule has 2 N–H and O–H groups in total. The number of aromatic nitrogens is 2. The summed E-state index contributed by atoms with van der Waals surface area (Å²) in [4.78, 5) is 30.5. The zero-order valence-corrected chi connectivity index (χ0v) is 18.4. The van der Waals surface area contributed by atoms with Gasteiger partial charge in [-0.05, 0) is 49.1 Å². The lowest BCUT2D eigenvalue weighted by molar-refractivity contribution is -0.121. The van der Waals surface area contributed by atoms with Gasteiger partial charge in [-0.3, -0.25) is 4.79 Å². The van der Waals surface area contributed by atoms with E-state index in [0.717, 1.165) is 31.5 Å². The van der Waals surface area contributed by atoms with E-state index in [-0.39, 0.29) is 36.4 Å². The summed E-state index contributed by atoms with van der Waals surface area (Å²) >= 11 is 0. The Labute approximate surface area is 191 Å². The van der Waals surface area contributed by atoms with Gasteiger partial charge in [0.05, 0.1) is 0 Å². The smallest absolute Gasteiger partial charge is 0.321 e. The van der Waals surface area contributed by atoms with Crippen LogP contribution in [0.2, 0.25) is 0 Å². The highest BCUT2D eigenvalue weighted by Crippen LogP contribution is 2.19. The second kappa shape index (κ2) is 10.2. The first-order valence-electron chi connectivity index (χ1n) is 11.0. The second-order valence-electron chi connectivity index (χ2n) is 8.08. The maximum Gasteiger partial charge on any atom is 0.321 e. The Balaban J connectivity index is 1.25. The molecule has 2 aromatic carbocycles. The molecule has 1 aromatic heterocycles. The number of anilines is 1. The molecule has 1 aliphatic heterocycles. The molecular weight excluding hydrogens is 425 g/mol. The predicted octanol–water partition coefficient (Wildman–Crippen LogP) is 4.06. The van der Waals surface area contributed by atoms with Crippen molar-refractivity contribution in [2.45, 2.75) is 39.2 Å². The van der Waals surface area contributed by atoms with Crippen LogP contribution in [-0.2, 0) is 17.8 Å². The third-order valence-corrected chi connectivity index (χ3v) is 5.53. The number of hydrogen-bond donors (Lipinski definition) is 2. The number of nitrogens with one attached hydrogen (secondary N) is 2. The van der Waals surface area contributed by atoms with Crippen LogP contribution in [0.5, 0.6) is 0 Å². The van der Waals surface area contributed by atoms with Crippen molar-refractivity contribution in [1.82, 2.24) is 20.4 Å². The van der Waals surface area contributed by atoms with Gasteiger partial charge in [-0.25, -0.2) is 9.18 Å². The average molecular weight is 452 g/mol. The number of urea groups is 1. The highest BCUT2D eigenvalue weighted by molar-refractivity contribution is 5.89. The summed E-state index contributed by atoms with van der Waals surface area (Å²) in [6.07, 6.45) is 2.53. The molecule has 1 saturated heterocycles. The number of aryl methyl sites for hydroxylation is 2. The predicted molar refractivity (Wildman–Crippen MR) is 121 cm³/mol. The van der Waals surface area contributed by atoms with E-state index in [0.29, 0.717) is 29.2 Å². The van der Waals surface area contributed by atoms with Gasteiger partial charge in [-0.2, -0.15) is 4.98 Å². The number of carbonyl (C=O) groups is 2. The van der Waals surface area contributed by atoms with Crippen LogP contribution in [0, 0.1) is 12.7 Å². The first kappa shape index (κ1) is 22.4. The largest absolute Gasteiger partial charge is 0.352 e. The Morgan fingerprint density at radius 1 is 1.15 bits per heavy atom. The third kappa shape index (κ3) is 5.94. The molecule has 1 aliphatic rings. The van der Waals surface area contributed by atoms with Gasteiger partial charge in [0, 0.05) is 43.7 Å². The summed E-state index contributed by atoms with van der Waals surface area (Å²) in [5.74, 6) is 0.102. The fraction of sp³-hybridized carbons (Fsp3) is 0.333. The minimum absolute atomic E-state index is 0.0963. The Morgan fingerprint density at radius 2 is 1.97 bits per heavy atom. The number of hydrogen-bond acceptors (Lipinski definition) is 5. The summed E-state index contributed by atoms with van der Waals surface area (Å²) in [6, 6.07) is 12.0. The summed E-state index contributed by atoms with van der Waals surface area (Å²) in [7, 11) is 0. The molecular formula is C24H26FN5O3. The lowest BCUT2D eigenvalue weighted by atomic mass is 10.1. The van der Waals surface area contributed by atoms with E-state index < -0.39 is 0 Å². The molecule has 0 radical (unpaired) electrons. The van der Waals surface area contributed by atoms with Crippen molar-refractivity contribution in [2.75, 3.05) is 18.4 Å². The lowest BCUT2D eigenvalue weighted by Crippen LogP contribution is -2.32. The van der Waals surface area contributed by atoms with E-state index in [1.165, 1.54) is 6.07 Å². The van der Waals surface area contributed by atoms with E-state index in [4.69, 9.17) is 4.52 Å². The molecule has 9 heteroatoms. The zero-order valence-electron chi connectivity index (χ0n) is 18.4. The molecule has 3 aromatic rings. The van der Waals surface area contributed by atoms with E-state index in [1.807, 2.05) is 24.3 Å². The molecule has 2 heterocycles. The van der Waals surface area contributed by atoms with Crippen LogP contribution in [0.15, 0.2) is 47.0 Å². The van der Waals surface area contributed by atoms with Gasteiger partial charge in [0.25, 0.3) is 0 Å². The third-order valence-electron chi connectivity index (χ3n) is 5.53. The second-order valence-corrected chi connectivity index (χ2v) is 8.08. The van der Waals surface area contributed by atoms with Crippen molar-refractivity contribution in [3.8, 4) is 11.4 Å². The molecule has 0 unspecified atom stereocenters. The van der Waals surface area contributed by atoms with Crippen LogP contribution >= 0.6 is 0 Å². The fourth-order valence-corrected chi connectivity index (χ4v) is 3.60. The topological polar surface area (TPSA) is 100 Å². The van der Waals surface area contributed by atoms with E-state index in [1.54, 1.807) is 24.0 Å². The summed E-state index contributed by atoms with van der Waals surface area (Å²) in [5.41, 5.74) is 2.64. The van der Waals surface area contributed by atoms with Crippen molar-refractivity contribution < 1.29 is 18.5 Å². The molecule has 0 aliphatic carbocycles. The normalized spacial score (nSPS) is 13.2. The van der Waals surface area contributed by atoms with Crippen LogP contribution in [0.25, 0.3) is 11.4 Å². The zero-order chi connectivity index (χ0) is 23.2. The van der Waals surface area contributed by atoms with Crippen molar-refractivity contribution >= 4 is 17.6 Å². The minimum Gasteiger partial charge on any atom is -0.352 e. The molecule has 8 nitrogen and oxygen atoms in total. The number of rotatable bonds is 7. The van der Waals surface area contributed by atoms with Crippen LogP contribution < -0.4 is 10.6 Å². The maximum absolute atomic E-state index is 13.7. The van der Waals surface area contributed by atoms with Crippen LogP contribution in [0.3, 0.4) is 0 Å². The van der Waals surface area contributed by atoms with Gasteiger partial charge in [-0.15, -0.1) is 0 Å². The van der Waals surface area contributed by atoms with Gasteiger partial charge >= 0.3 is 6.03 Å². The number of carbonyl (C=O) groups excluding carboxylic acids is 2. The number of benzene rings is 2. The SMILES string of the molecule is Cc1ccc(-c2noc(CCC(=O)NCc3cccc(NC(=O)N4CCCC4)c3)n2)cc1F. The Bertz CT molecular complexity index is 1140. The number of halogens is 1. The Morgan fingerprint density at radius 3 is 2.76 bits per heavy atom. The van der Waals surface area contributed by atoms with Crippen LogP contribution in [-0.4, -0.2) is 40.1 Å². The van der Waals surface area contributed by atoms with Crippen molar-refractivity contribution in [1.29, 1.82) is 0 Å². The van der Waals surface area contributed by atoms with Gasteiger partial charge in [0.1, 0.15) is 5.82 Å². The maximum atomic E-state index is 13.7. The van der Waals surface area contributed by atoms with Gasteiger partial charge < -0.3 is 20.1 Å². The van der Waals surface area contributed by atoms with Gasteiger partial charge in [-0.1, -0.05) is 29.4 Å². The molecule has 3 amide bonds. The van der Waals surface area contributed by atoms with Crippen molar-refractivity contribution in [2.24, 2.45) is 0 Å². The summed E-state index contributed by atoms with van der Waals surface area (Å²) < 4.78 is 18.9. The number of likely N-dealkylation sites (tertiary alicyclic amines) is 1. The van der Waals surface area contributed by atoms with Crippen molar-refractivity contribution in [3.63, 3.8) is 0 Å². The van der Waals surface area contributed by atoms with Gasteiger partial charge in [0.15, 0.2) is 0 Å². The van der Waals surface area contributed by atoms with Crippen molar-refractivity contribution in [3.05, 3.63) is 65.3 Å². The molecule has 4 rings (SSSR count). The fourth-order valence-electron chi connectivity index (χ4n) is 3.60. The molecule has 0 spiro atoms. The molecule has 33 heavy (non-hydrogen) atoms. The first-order valence-corrected chi connectivity index (χ1v) is 11.0. The highest BCUT2D eigenvalue weighted by Gasteiger charge is 2.18. The highest BCUT2D eigenvalue weighted by atomic mass is 19.1. The summed E-state index contributed by atoms with van der Waals surface area (Å²) in [5, 5.41) is 9.63. The minimum atomic E-state index is -0.335. The van der Waals surface area contributed by atoms with E-state index >= 15 is 0 Å². The quantitative estimate of drug-likeness (QED) is 0.564. The molecule has 0 bridgehead atoms. The number of amides is 3. The monoisotopic (exact) mass is 451 g/mol. The first-order chi connectivity index (χ1) is 16.0. The van der Waals surface area contributed by atoms with E-state index in [9.17, 15) is 14.0 Å². The van der Waals surface area contributed by atoms with E-state index in [2.05, 4.69) is 20.8 Å². The van der Waals surface area contributed by atoms with Crippen LogP contribution in [0.1, 0.15) is 36.3 Å². The lowest BCUT2D eigenvalue weighted by Gasteiger charge is -2.16.